The highest BCUT2D eigenvalue weighted by Crippen LogP contribution is 2.20. The zero-order valence-electron chi connectivity index (χ0n) is 8.81. The second-order valence-corrected chi connectivity index (χ2v) is 3.72. The Morgan fingerprint density at radius 1 is 1.41 bits per heavy atom. The molecule has 0 aliphatic rings. The highest BCUT2D eigenvalue weighted by Gasteiger charge is 2.12. The number of hydrogen-bond acceptors (Lipinski definition) is 4. The van der Waals surface area contributed by atoms with Gasteiger partial charge in [0.1, 0.15) is 5.82 Å². The van der Waals surface area contributed by atoms with Gasteiger partial charge in [0, 0.05) is 12.4 Å². The van der Waals surface area contributed by atoms with Gasteiger partial charge in [0.15, 0.2) is 5.58 Å². The smallest absolute Gasteiger partial charge is 0.408 e. The molecule has 4 N–H and O–H groups in total. The Hall–Kier alpha value is -2.34. The second-order valence-electron chi connectivity index (χ2n) is 3.72. The van der Waals surface area contributed by atoms with Crippen LogP contribution in [0.3, 0.4) is 0 Å². The molecule has 3 rings (SSSR count). The van der Waals surface area contributed by atoms with Gasteiger partial charge in [0.05, 0.1) is 11.6 Å². The topological polar surface area (TPSA) is 101 Å². The first-order valence-electron chi connectivity index (χ1n) is 5.11. The van der Waals surface area contributed by atoms with Crippen LogP contribution >= 0.6 is 0 Å². The summed E-state index contributed by atoms with van der Waals surface area (Å²) in [7, 11) is 0. The van der Waals surface area contributed by atoms with Gasteiger partial charge in [-0.1, -0.05) is 6.07 Å². The molecule has 0 spiro atoms. The van der Waals surface area contributed by atoms with Crippen LogP contribution in [0.1, 0.15) is 17.4 Å². The molecule has 6 nitrogen and oxygen atoms in total. The summed E-state index contributed by atoms with van der Waals surface area (Å²) in [6.45, 7) is 0. The Labute approximate surface area is 95.5 Å². The zero-order valence-corrected chi connectivity index (χ0v) is 8.81. The van der Waals surface area contributed by atoms with E-state index in [4.69, 9.17) is 10.2 Å². The van der Waals surface area contributed by atoms with Crippen LogP contribution in [0.2, 0.25) is 0 Å². The molecule has 0 amide bonds. The van der Waals surface area contributed by atoms with Gasteiger partial charge in [0.2, 0.25) is 0 Å². The molecule has 0 saturated heterocycles. The number of rotatable bonds is 2. The van der Waals surface area contributed by atoms with Gasteiger partial charge >= 0.3 is 5.76 Å². The number of hydrogen-bond donors (Lipinski definition) is 3. The van der Waals surface area contributed by atoms with Crippen LogP contribution in [0, 0.1) is 0 Å². The quantitative estimate of drug-likeness (QED) is 0.608. The average Bonchev–Trinajstić information content (AvgIpc) is 2.94. The van der Waals surface area contributed by atoms with Gasteiger partial charge in [0.25, 0.3) is 0 Å². The lowest BCUT2D eigenvalue weighted by Crippen LogP contribution is -2.13. The maximum atomic E-state index is 11.0. The molecule has 0 bridgehead atoms. The van der Waals surface area contributed by atoms with Crippen molar-refractivity contribution in [1.29, 1.82) is 0 Å². The van der Waals surface area contributed by atoms with Gasteiger partial charge < -0.3 is 15.1 Å². The van der Waals surface area contributed by atoms with Gasteiger partial charge in [-0.3, -0.25) is 4.98 Å². The number of nitrogens with two attached hydrogens (primary N) is 1. The molecule has 0 fully saturated rings. The van der Waals surface area contributed by atoms with Crippen molar-refractivity contribution >= 4 is 11.1 Å². The number of aromatic amines is 2. The van der Waals surface area contributed by atoms with Crippen molar-refractivity contribution in [2.75, 3.05) is 0 Å². The van der Waals surface area contributed by atoms with E-state index in [1.165, 1.54) is 0 Å². The van der Waals surface area contributed by atoms with E-state index < -0.39 is 5.76 Å². The van der Waals surface area contributed by atoms with Crippen molar-refractivity contribution in [3.8, 4) is 0 Å². The van der Waals surface area contributed by atoms with E-state index in [1.807, 2.05) is 6.07 Å². The Morgan fingerprint density at radius 2 is 2.29 bits per heavy atom. The highest BCUT2D eigenvalue weighted by molar-refractivity contribution is 5.73. The Bertz CT molecular complexity index is 696. The molecule has 6 heteroatoms. The molecule has 0 aliphatic heterocycles. The third kappa shape index (κ3) is 1.64. The van der Waals surface area contributed by atoms with Crippen LogP contribution in [-0.4, -0.2) is 15.0 Å². The number of fused-ring (bicyclic) bond motifs is 1. The fourth-order valence-corrected chi connectivity index (χ4v) is 1.76. The lowest BCUT2D eigenvalue weighted by atomic mass is 10.1. The number of nitrogens with one attached hydrogen (secondary N) is 2. The Kier molecular flexibility index (Phi) is 2.09. The molecule has 2 aromatic heterocycles. The average molecular weight is 230 g/mol. The molecular weight excluding hydrogens is 220 g/mol. The molecule has 0 aliphatic carbocycles. The summed E-state index contributed by atoms with van der Waals surface area (Å²) in [6, 6.07) is 4.97. The molecule has 1 atom stereocenters. The van der Waals surface area contributed by atoms with Crippen molar-refractivity contribution in [3.63, 3.8) is 0 Å². The minimum absolute atomic E-state index is 0.366. The van der Waals surface area contributed by atoms with Gasteiger partial charge in [-0.25, -0.2) is 9.78 Å². The molecular formula is C11H10N4O2. The molecule has 1 unspecified atom stereocenters. The molecule has 0 radical (unpaired) electrons. The van der Waals surface area contributed by atoms with E-state index in [0.29, 0.717) is 16.9 Å². The fraction of sp³-hybridized carbons (Fsp3) is 0.0909. The van der Waals surface area contributed by atoms with Crippen molar-refractivity contribution in [2.45, 2.75) is 6.04 Å². The summed E-state index contributed by atoms with van der Waals surface area (Å²) < 4.78 is 4.98. The SMILES string of the molecule is NC(c1ccc2[nH]c(=O)oc2c1)c1ncc[nH]1. The van der Waals surface area contributed by atoms with Crippen molar-refractivity contribution in [3.05, 3.63) is 52.5 Å². The monoisotopic (exact) mass is 230 g/mol. The largest absolute Gasteiger partial charge is 0.417 e. The van der Waals surface area contributed by atoms with Crippen LogP contribution in [-0.2, 0) is 0 Å². The normalized spacial score (nSPS) is 13.0. The summed E-state index contributed by atoms with van der Waals surface area (Å²) in [5.74, 6) is 0.200. The zero-order chi connectivity index (χ0) is 11.8. The standard InChI is InChI=1S/C11H10N4O2/c12-9(10-13-3-4-14-10)6-1-2-7-8(5-6)17-11(16)15-7/h1-5,9H,12H2,(H,13,14)(H,15,16). The summed E-state index contributed by atoms with van der Waals surface area (Å²) in [6.07, 6.45) is 3.36. The van der Waals surface area contributed by atoms with Crippen LogP contribution in [0.5, 0.6) is 0 Å². The van der Waals surface area contributed by atoms with Gasteiger partial charge in [-0.15, -0.1) is 0 Å². The molecule has 2 heterocycles. The molecule has 17 heavy (non-hydrogen) atoms. The van der Waals surface area contributed by atoms with E-state index in [0.717, 1.165) is 5.56 Å². The van der Waals surface area contributed by atoms with Crippen molar-refractivity contribution < 1.29 is 4.42 Å². The van der Waals surface area contributed by atoms with E-state index in [1.54, 1.807) is 24.5 Å². The lowest BCUT2D eigenvalue weighted by molar-refractivity contribution is 0.554. The van der Waals surface area contributed by atoms with Crippen LogP contribution in [0.4, 0.5) is 0 Å². The highest BCUT2D eigenvalue weighted by atomic mass is 16.4. The van der Waals surface area contributed by atoms with Crippen molar-refractivity contribution in [1.82, 2.24) is 15.0 Å². The number of nitrogens with zero attached hydrogens (tertiary/aromatic N) is 1. The van der Waals surface area contributed by atoms with Gasteiger partial charge in [-0.05, 0) is 17.7 Å². The number of oxazole rings is 1. The minimum atomic E-state index is -0.469. The summed E-state index contributed by atoms with van der Waals surface area (Å²) >= 11 is 0. The number of benzene rings is 1. The van der Waals surface area contributed by atoms with Crippen LogP contribution in [0.25, 0.3) is 11.1 Å². The van der Waals surface area contributed by atoms with Crippen molar-refractivity contribution in [2.24, 2.45) is 5.73 Å². The lowest BCUT2D eigenvalue weighted by Gasteiger charge is -2.08. The van der Waals surface area contributed by atoms with E-state index >= 15 is 0 Å². The number of H-pyrrole nitrogens is 2. The minimum Gasteiger partial charge on any atom is -0.408 e. The van der Waals surface area contributed by atoms with Gasteiger partial charge in [-0.2, -0.15) is 0 Å². The van der Waals surface area contributed by atoms with E-state index in [9.17, 15) is 4.79 Å². The van der Waals surface area contributed by atoms with Crippen LogP contribution in [0.15, 0.2) is 39.8 Å². The van der Waals surface area contributed by atoms with E-state index in [2.05, 4.69) is 15.0 Å². The molecule has 3 aromatic rings. The summed E-state index contributed by atoms with van der Waals surface area (Å²) in [5.41, 5.74) is 8.02. The second kappa shape index (κ2) is 3.60. The molecule has 1 aromatic carbocycles. The first-order valence-corrected chi connectivity index (χ1v) is 5.11. The third-order valence-corrected chi connectivity index (χ3v) is 2.62. The Morgan fingerprint density at radius 3 is 3.06 bits per heavy atom. The predicted octanol–water partition coefficient (Wildman–Crippen LogP) is 0.892. The summed E-state index contributed by atoms with van der Waals surface area (Å²) in [5, 5.41) is 0. The Balaban J connectivity index is 2.08. The maximum absolute atomic E-state index is 11.0. The number of aromatic nitrogens is 3. The first kappa shape index (κ1) is 9.86. The molecule has 86 valence electrons. The van der Waals surface area contributed by atoms with E-state index in [-0.39, 0.29) is 6.04 Å². The first-order chi connectivity index (χ1) is 8.24. The molecule has 0 saturated carbocycles. The predicted molar refractivity (Wildman–Crippen MR) is 61.5 cm³/mol. The maximum Gasteiger partial charge on any atom is 0.417 e. The van der Waals surface area contributed by atoms with Crippen LogP contribution < -0.4 is 11.5 Å². The third-order valence-electron chi connectivity index (χ3n) is 2.62. The number of imidazole rings is 1. The summed E-state index contributed by atoms with van der Waals surface area (Å²) in [4.78, 5) is 20.6. The fourth-order valence-electron chi connectivity index (χ4n) is 1.76.